The van der Waals surface area contributed by atoms with Crippen molar-refractivity contribution in [2.75, 3.05) is 64.2 Å². The highest BCUT2D eigenvalue weighted by Crippen LogP contribution is 2.13. The first-order valence-electron chi connectivity index (χ1n) is 12.9. The van der Waals surface area contributed by atoms with Crippen LogP contribution in [0.3, 0.4) is 0 Å². The molecule has 2 saturated heterocycles. The average molecular weight is 512 g/mol. The van der Waals surface area contributed by atoms with E-state index in [9.17, 15) is 19.2 Å². The predicted molar refractivity (Wildman–Crippen MR) is 139 cm³/mol. The van der Waals surface area contributed by atoms with Crippen molar-refractivity contribution in [3.8, 4) is 6.07 Å². The van der Waals surface area contributed by atoms with Gasteiger partial charge in [-0.2, -0.15) is 5.26 Å². The quantitative estimate of drug-likeness (QED) is 0.404. The van der Waals surface area contributed by atoms with Crippen molar-refractivity contribution < 1.29 is 19.2 Å². The van der Waals surface area contributed by atoms with Crippen molar-refractivity contribution in [1.82, 2.24) is 25.3 Å². The van der Waals surface area contributed by atoms with E-state index in [1.54, 1.807) is 29.2 Å². The van der Waals surface area contributed by atoms with Crippen LogP contribution in [0.15, 0.2) is 24.3 Å². The Kier molecular flexibility index (Phi) is 10.7. The molecular weight excluding hydrogens is 474 g/mol. The molecule has 3 N–H and O–H groups in total. The minimum Gasteiger partial charge on any atom is -0.352 e. The van der Waals surface area contributed by atoms with Gasteiger partial charge in [-0.15, -0.1) is 0 Å². The Bertz CT molecular complexity index is 978. The predicted octanol–water partition coefficient (Wildman–Crippen LogP) is 1.24. The van der Waals surface area contributed by atoms with Crippen molar-refractivity contribution >= 4 is 29.4 Å². The van der Waals surface area contributed by atoms with Gasteiger partial charge in [-0.3, -0.25) is 19.3 Å². The van der Waals surface area contributed by atoms with E-state index in [1.165, 1.54) is 0 Å². The summed E-state index contributed by atoms with van der Waals surface area (Å²) in [5.74, 6) is -0.149. The number of hydrogen-bond acceptors (Lipinski definition) is 6. The summed E-state index contributed by atoms with van der Waals surface area (Å²) in [5, 5.41) is 16.7. The Balaban J connectivity index is 1.35. The van der Waals surface area contributed by atoms with Crippen LogP contribution >= 0.6 is 0 Å². The summed E-state index contributed by atoms with van der Waals surface area (Å²) in [7, 11) is 0. The number of nitrogens with one attached hydrogen (secondary N) is 3. The van der Waals surface area contributed by atoms with Crippen LogP contribution in [-0.4, -0.2) is 97.4 Å². The van der Waals surface area contributed by atoms with Crippen LogP contribution in [0.4, 0.5) is 10.5 Å². The number of piperazine rings is 1. The molecule has 2 fully saturated rings. The zero-order chi connectivity index (χ0) is 26.6. The number of nitriles is 1. The molecule has 1 aromatic carbocycles. The lowest BCUT2D eigenvalue weighted by Crippen LogP contribution is -2.52. The van der Waals surface area contributed by atoms with Crippen molar-refractivity contribution in [2.45, 2.75) is 32.6 Å². The normalized spacial score (nSPS) is 16.5. The Morgan fingerprint density at radius 3 is 2.27 bits per heavy atom. The lowest BCUT2D eigenvalue weighted by Gasteiger charge is -2.35. The van der Waals surface area contributed by atoms with Gasteiger partial charge >= 0.3 is 6.03 Å². The number of carbonyl (C=O) groups is 4. The molecule has 200 valence electrons. The van der Waals surface area contributed by atoms with Crippen molar-refractivity contribution in [3.05, 3.63) is 29.8 Å². The minimum atomic E-state index is -0.224. The first kappa shape index (κ1) is 27.9. The lowest BCUT2D eigenvalue weighted by atomic mass is 10.0. The van der Waals surface area contributed by atoms with E-state index >= 15 is 0 Å². The number of nitrogens with zero attached hydrogens (tertiary/aromatic N) is 4. The summed E-state index contributed by atoms with van der Waals surface area (Å²) < 4.78 is 0. The van der Waals surface area contributed by atoms with E-state index in [-0.39, 0.29) is 36.2 Å². The zero-order valence-corrected chi connectivity index (χ0v) is 21.5. The van der Waals surface area contributed by atoms with Crippen molar-refractivity contribution in [2.24, 2.45) is 5.92 Å². The van der Waals surface area contributed by atoms with Crippen LogP contribution in [0.5, 0.6) is 0 Å². The molecule has 0 aliphatic carbocycles. The average Bonchev–Trinajstić information content (AvgIpc) is 3.43. The molecule has 0 radical (unpaired) electrons. The SMILES string of the molecule is CC(CCNC(=O)c1ccc(NC(=O)N2CCN(CC(=O)N3CCCC3)CC2)cc1)CC(=O)NCC#N. The zero-order valence-electron chi connectivity index (χ0n) is 21.5. The summed E-state index contributed by atoms with van der Waals surface area (Å²) in [6, 6.07) is 8.37. The molecule has 1 aromatic rings. The van der Waals surface area contributed by atoms with E-state index < -0.39 is 0 Å². The molecule has 5 amide bonds. The van der Waals surface area contributed by atoms with Crippen LogP contribution in [-0.2, 0) is 9.59 Å². The maximum absolute atomic E-state index is 12.7. The number of hydrogen-bond donors (Lipinski definition) is 3. The van der Waals surface area contributed by atoms with Crippen molar-refractivity contribution in [3.63, 3.8) is 0 Å². The fraction of sp³-hybridized carbons (Fsp3) is 0.577. The van der Waals surface area contributed by atoms with Gasteiger partial charge in [-0.25, -0.2) is 4.79 Å². The second-order valence-electron chi connectivity index (χ2n) is 9.65. The van der Waals surface area contributed by atoms with Crippen LogP contribution < -0.4 is 16.0 Å². The second-order valence-corrected chi connectivity index (χ2v) is 9.65. The summed E-state index contributed by atoms with van der Waals surface area (Å²) in [4.78, 5) is 54.8. The maximum Gasteiger partial charge on any atom is 0.321 e. The van der Waals surface area contributed by atoms with Crippen LogP contribution in [0, 0.1) is 17.2 Å². The number of urea groups is 1. The highest BCUT2D eigenvalue weighted by molar-refractivity contribution is 5.95. The highest BCUT2D eigenvalue weighted by atomic mass is 16.2. The molecule has 2 heterocycles. The number of rotatable bonds is 10. The summed E-state index contributed by atoms with van der Waals surface area (Å²) in [6.45, 7) is 6.90. The van der Waals surface area contributed by atoms with Gasteiger partial charge in [0.15, 0.2) is 0 Å². The summed E-state index contributed by atoms with van der Waals surface area (Å²) in [5.41, 5.74) is 1.08. The van der Waals surface area contributed by atoms with Crippen LogP contribution in [0.1, 0.15) is 43.0 Å². The third-order valence-electron chi connectivity index (χ3n) is 6.70. The van der Waals surface area contributed by atoms with Crippen LogP contribution in [0.2, 0.25) is 0 Å². The number of amides is 5. The van der Waals surface area contributed by atoms with E-state index in [2.05, 4.69) is 20.9 Å². The van der Waals surface area contributed by atoms with Gasteiger partial charge < -0.3 is 25.8 Å². The molecule has 2 aliphatic rings. The maximum atomic E-state index is 12.7. The van der Waals surface area contributed by atoms with Gasteiger partial charge in [0, 0.05) is 63.5 Å². The van der Waals surface area contributed by atoms with Crippen LogP contribution in [0.25, 0.3) is 0 Å². The highest BCUT2D eigenvalue weighted by Gasteiger charge is 2.25. The number of carbonyl (C=O) groups excluding carboxylic acids is 4. The summed E-state index contributed by atoms with van der Waals surface area (Å²) in [6.07, 6.45) is 3.10. The van der Waals surface area contributed by atoms with Gasteiger partial charge in [-0.05, 0) is 49.4 Å². The Morgan fingerprint density at radius 2 is 1.62 bits per heavy atom. The molecule has 1 atom stereocenters. The standard InChI is InChI=1S/C26H37N7O4/c1-20(18-23(34)28-11-9-27)8-10-29-25(36)21-4-6-22(7-5-21)30-26(37)33-16-14-31(15-17-33)19-24(35)32-12-2-3-13-32/h4-7,20H,2-3,8,10-19H2,1H3,(H,28,34)(H,29,36)(H,30,37). The fourth-order valence-corrected chi connectivity index (χ4v) is 4.44. The van der Waals surface area contributed by atoms with Gasteiger partial charge in [0.05, 0.1) is 12.6 Å². The molecule has 1 unspecified atom stereocenters. The number of likely N-dealkylation sites (tertiary alicyclic amines) is 1. The second kappa shape index (κ2) is 14.2. The fourth-order valence-electron chi connectivity index (χ4n) is 4.44. The molecule has 11 nitrogen and oxygen atoms in total. The molecule has 2 aliphatic heterocycles. The molecule has 0 aromatic heterocycles. The molecule has 0 saturated carbocycles. The van der Waals surface area contributed by atoms with Gasteiger partial charge in [0.2, 0.25) is 11.8 Å². The molecule has 3 rings (SSSR count). The van der Waals surface area contributed by atoms with E-state index in [0.717, 1.165) is 25.9 Å². The van der Waals surface area contributed by atoms with E-state index in [4.69, 9.17) is 5.26 Å². The monoisotopic (exact) mass is 511 g/mol. The van der Waals surface area contributed by atoms with Crippen molar-refractivity contribution in [1.29, 1.82) is 5.26 Å². The topological polar surface area (TPSA) is 138 Å². The van der Waals surface area contributed by atoms with Gasteiger partial charge in [0.25, 0.3) is 5.91 Å². The van der Waals surface area contributed by atoms with E-state index in [0.29, 0.717) is 63.4 Å². The molecule has 11 heteroatoms. The Morgan fingerprint density at radius 1 is 0.946 bits per heavy atom. The Hall–Kier alpha value is -3.65. The summed E-state index contributed by atoms with van der Waals surface area (Å²) >= 11 is 0. The Labute approximate surface area is 218 Å². The molecule has 37 heavy (non-hydrogen) atoms. The largest absolute Gasteiger partial charge is 0.352 e. The number of benzene rings is 1. The van der Waals surface area contributed by atoms with Gasteiger partial charge in [-0.1, -0.05) is 6.92 Å². The minimum absolute atomic E-state index is 0.00348. The van der Waals surface area contributed by atoms with Gasteiger partial charge in [0.1, 0.15) is 6.54 Å². The lowest BCUT2D eigenvalue weighted by molar-refractivity contribution is -0.131. The smallest absolute Gasteiger partial charge is 0.321 e. The molecule has 0 spiro atoms. The van der Waals surface area contributed by atoms with E-state index in [1.807, 2.05) is 17.9 Å². The first-order valence-corrected chi connectivity index (χ1v) is 12.9. The first-order chi connectivity index (χ1) is 17.9. The molecule has 0 bridgehead atoms. The third-order valence-corrected chi connectivity index (χ3v) is 6.70. The number of anilines is 1. The third kappa shape index (κ3) is 9.06. The molecular formula is C26H37N7O4.